The Morgan fingerprint density at radius 2 is 2.12 bits per heavy atom. The molecule has 1 rings (SSSR count). The van der Waals surface area contributed by atoms with Crippen LogP contribution in [0.15, 0.2) is 18.2 Å². The first-order valence-corrected chi connectivity index (χ1v) is 4.44. The van der Waals surface area contributed by atoms with Crippen LogP contribution in [-0.4, -0.2) is 29.8 Å². The highest BCUT2D eigenvalue weighted by Gasteiger charge is 2.16. The number of nitro benzene ring substituents is 1. The Hall–Kier alpha value is -2.15. The maximum Gasteiger partial charge on any atom is 0.293 e. The number of anilines is 1. The molecule has 0 heterocycles. The fourth-order valence-corrected chi connectivity index (χ4v) is 1.20. The summed E-state index contributed by atoms with van der Waals surface area (Å²) in [5.41, 5.74) is 2.48. The van der Waals surface area contributed by atoms with Crippen LogP contribution in [0.5, 0.6) is 0 Å². The minimum Gasteiger partial charge on any atom is -0.345 e. The van der Waals surface area contributed by atoms with Gasteiger partial charge in [-0.2, -0.15) is 0 Å². The van der Waals surface area contributed by atoms with Gasteiger partial charge in [0, 0.05) is 25.7 Å². The first-order chi connectivity index (χ1) is 7.47. The normalized spacial score (nSPS) is 9.69. The van der Waals surface area contributed by atoms with Crippen molar-refractivity contribution in [1.29, 1.82) is 0 Å². The molecule has 1 aromatic carbocycles. The molecular weight excluding hydrogens is 212 g/mol. The summed E-state index contributed by atoms with van der Waals surface area (Å²) in [5, 5.41) is 10.6. The second kappa shape index (κ2) is 4.58. The van der Waals surface area contributed by atoms with Crippen LogP contribution in [0.2, 0.25) is 0 Å². The van der Waals surface area contributed by atoms with Gasteiger partial charge in [0.25, 0.3) is 11.6 Å². The Bertz CT molecular complexity index is 431. The number of hydrogen-bond donors (Lipinski definition) is 2. The molecular formula is C9H12N4O3. The molecule has 0 aliphatic carbocycles. The Kier molecular flexibility index (Phi) is 3.41. The van der Waals surface area contributed by atoms with E-state index in [1.165, 1.54) is 23.1 Å². The number of nitro groups is 1. The molecule has 0 aromatic heterocycles. The van der Waals surface area contributed by atoms with Crippen LogP contribution in [0, 0.1) is 10.1 Å². The summed E-state index contributed by atoms with van der Waals surface area (Å²) in [6.07, 6.45) is 0. The summed E-state index contributed by atoms with van der Waals surface area (Å²) < 4.78 is 0. The summed E-state index contributed by atoms with van der Waals surface area (Å²) in [4.78, 5) is 23.0. The summed E-state index contributed by atoms with van der Waals surface area (Å²) in [6, 6.07) is 3.98. The van der Waals surface area contributed by atoms with Gasteiger partial charge in [-0.1, -0.05) is 0 Å². The lowest BCUT2D eigenvalue weighted by atomic mass is 10.1. The Morgan fingerprint density at radius 3 is 2.56 bits per heavy atom. The molecule has 7 heteroatoms. The molecule has 0 atom stereocenters. The van der Waals surface area contributed by atoms with Crippen LogP contribution in [0.25, 0.3) is 0 Å². The molecule has 3 N–H and O–H groups in total. The third-order valence-electron chi connectivity index (χ3n) is 2.00. The lowest BCUT2D eigenvalue weighted by Gasteiger charge is -2.11. The Labute approximate surface area is 92.0 Å². The van der Waals surface area contributed by atoms with Crippen molar-refractivity contribution in [2.24, 2.45) is 5.84 Å². The number of amides is 1. The summed E-state index contributed by atoms with van der Waals surface area (Å²) in [6.45, 7) is 0. The maximum atomic E-state index is 11.6. The largest absolute Gasteiger partial charge is 0.345 e. The fraction of sp³-hybridized carbons (Fsp3) is 0.222. The number of rotatable bonds is 3. The van der Waals surface area contributed by atoms with E-state index in [1.54, 1.807) is 14.1 Å². The van der Waals surface area contributed by atoms with Crippen LogP contribution in [0.4, 0.5) is 11.4 Å². The predicted molar refractivity (Wildman–Crippen MR) is 58.9 cm³/mol. The average molecular weight is 224 g/mol. The lowest BCUT2D eigenvalue weighted by molar-refractivity contribution is -0.384. The van der Waals surface area contributed by atoms with Gasteiger partial charge in [-0.05, 0) is 12.1 Å². The molecule has 0 saturated carbocycles. The van der Waals surface area contributed by atoms with Gasteiger partial charge in [0.2, 0.25) is 0 Å². The molecule has 0 spiro atoms. The van der Waals surface area contributed by atoms with Gasteiger partial charge >= 0.3 is 0 Å². The molecule has 1 aromatic rings. The van der Waals surface area contributed by atoms with Crippen LogP contribution in [-0.2, 0) is 0 Å². The van der Waals surface area contributed by atoms with E-state index in [4.69, 9.17) is 5.84 Å². The monoisotopic (exact) mass is 224 g/mol. The smallest absolute Gasteiger partial charge is 0.293 e. The minimum absolute atomic E-state index is 0.109. The SMILES string of the molecule is CN(C)C(=O)c1ccc([N+](=O)[O-])c(NN)c1. The van der Waals surface area contributed by atoms with Gasteiger partial charge < -0.3 is 10.3 Å². The van der Waals surface area contributed by atoms with Crippen LogP contribution in [0.3, 0.4) is 0 Å². The van der Waals surface area contributed by atoms with E-state index in [0.717, 1.165) is 0 Å². The molecule has 16 heavy (non-hydrogen) atoms. The second-order valence-electron chi connectivity index (χ2n) is 3.33. The van der Waals surface area contributed by atoms with Crippen molar-refractivity contribution in [1.82, 2.24) is 4.90 Å². The van der Waals surface area contributed by atoms with Crippen LogP contribution >= 0.6 is 0 Å². The van der Waals surface area contributed by atoms with Gasteiger partial charge in [0.05, 0.1) is 4.92 Å². The van der Waals surface area contributed by atoms with Crippen molar-refractivity contribution in [2.75, 3.05) is 19.5 Å². The molecule has 0 bridgehead atoms. The van der Waals surface area contributed by atoms with E-state index in [0.29, 0.717) is 5.56 Å². The van der Waals surface area contributed by atoms with Crippen molar-refractivity contribution in [3.05, 3.63) is 33.9 Å². The number of carbonyl (C=O) groups excluding carboxylic acids is 1. The highest BCUT2D eigenvalue weighted by molar-refractivity contribution is 5.95. The molecule has 0 saturated heterocycles. The lowest BCUT2D eigenvalue weighted by Crippen LogP contribution is -2.22. The van der Waals surface area contributed by atoms with Crippen LogP contribution in [0.1, 0.15) is 10.4 Å². The number of nitrogen functional groups attached to an aromatic ring is 1. The molecule has 7 nitrogen and oxygen atoms in total. The molecule has 0 aliphatic heterocycles. The predicted octanol–water partition coefficient (Wildman–Crippen LogP) is 0.582. The Morgan fingerprint density at radius 1 is 1.50 bits per heavy atom. The van der Waals surface area contributed by atoms with E-state index >= 15 is 0 Å². The third kappa shape index (κ3) is 2.26. The summed E-state index contributed by atoms with van der Waals surface area (Å²) in [5.74, 6) is 4.91. The number of nitrogens with two attached hydrogens (primary N) is 1. The third-order valence-corrected chi connectivity index (χ3v) is 2.00. The van der Waals surface area contributed by atoms with Crippen molar-refractivity contribution in [3.8, 4) is 0 Å². The van der Waals surface area contributed by atoms with Crippen molar-refractivity contribution in [2.45, 2.75) is 0 Å². The van der Waals surface area contributed by atoms with Gasteiger partial charge in [-0.25, -0.2) is 0 Å². The molecule has 86 valence electrons. The quantitative estimate of drug-likeness (QED) is 0.444. The van der Waals surface area contributed by atoms with Crippen LogP contribution < -0.4 is 11.3 Å². The molecule has 0 unspecified atom stereocenters. The molecule has 0 fully saturated rings. The summed E-state index contributed by atoms with van der Waals surface area (Å²) in [7, 11) is 3.19. The zero-order valence-electron chi connectivity index (χ0n) is 8.93. The maximum absolute atomic E-state index is 11.6. The fourth-order valence-electron chi connectivity index (χ4n) is 1.20. The molecule has 0 aliphatic rings. The molecule has 0 radical (unpaired) electrons. The first kappa shape index (κ1) is 11.9. The van der Waals surface area contributed by atoms with Gasteiger partial charge in [-0.3, -0.25) is 20.8 Å². The van der Waals surface area contributed by atoms with E-state index in [2.05, 4.69) is 5.43 Å². The number of nitrogens with one attached hydrogen (secondary N) is 1. The van der Waals surface area contributed by atoms with E-state index in [1.807, 2.05) is 0 Å². The number of nitrogens with zero attached hydrogens (tertiary/aromatic N) is 2. The van der Waals surface area contributed by atoms with Gasteiger partial charge in [0.1, 0.15) is 5.69 Å². The topological polar surface area (TPSA) is 102 Å². The second-order valence-corrected chi connectivity index (χ2v) is 3.33. The summed E-state index contributed by atoms with van der Waals surface area (Å²) >= 11 is 0. The number of carbonyl (C=O) groups is 1. The standard InChI is InChI=1S/C9H12N4O3/c1-12(2)9(14)6-3-4-8(13(15)16)7(5-6)11-10/h3-5,11H,10H2,1-2H3. The average Bonchev–Trinajstić information content (AvgIpc) is 2.26. The first-order valence-electron chi connectivity index (χ1n) is 4.44. The van der Waals surface area contributed by atoms with Crippen molar-refractivity contribution in [3.63, 3.8) is 0 Å². The van der Waals surface area contributed by atoms with E-state index in [-0.39, 0.29) is 17.3 Å². The van der Waals surface area contributed by atoms with Gasteiger partial charge in [-0.15, -0.1) is 0 Å². The zero-order chi connectivity index (χ0) is 12.3. The van der Waals surface area contributed by atoms with E-state index < -0.39 is 4.92 Å². The number of hydrazine groups is 1. The van der Waals surface area contributed by atoms with Gasteiger partial charge in [0.15, 0.2) is 0 Å². The number of hydrogen-bond acceptors (Lipinski definition) is 5. The number of benzene rings is 1. The Balaban J connectivity index is 3.19. The highest BCUT2D eigenvalue weighted by atomic mass is 16.6. The van der Waals surface area contributed by atoms with Crippen molar-refractivity contribution >= 4 is 17.3 Å². The minimum atomic E-state index is -0.570. The van der Waals surface area contributed by atoms with E-state index in [9.17, 15) is 14.9 Å². The van der Waals surface area contributed by atoms with Crippen molar-refractivity contribution < 1.29 is 9.72 Å². The zero-order valence-corrected chi connectivity index (χ0v) is 8.93. The highest BCUT2D eigenvalue weighted by Crippen LogP contribution is 2.24. The molecule has 1 amide bonds.